The highest BCUT2D eigenvalue weighted by atomic mass is 32.2. The summed E-state index contributed by atoms with van der Waals surface area (Å²) in [6.45, 7) is 7.17. The number of piperazine rings is 1. The number of nitrogens with zero attached hydrogens (tertiary/aromatic N) is 4. The van der Waals surface area contributed by atoms with Crippen LogP contribution in [0, 0.1) is 25.5 Å². The van der Waals surface area contributed by atoms with Gasteiger partial charge >= 0.3 is 5.97 Å². The number of hydrogen-bond acceptors (Lipinski definition) is 7. The van der Waals surface area contributed by atoms with Crippen LogP contribution in [0.4, 0.5) is 14.5 Å². The lowest BCUT2D eigenvalue weighted by Gasteiger charge is -2.33. The molecule has 236 valence electrons. The molecule has 11 nitrogen and oxygen atoms in total. The SMILES string of the molecule is CCN1CCN(S(=O)(=O)c2cc(NC(=O)c3ccc(F)c(C)c3)ccc2Oc2c(C)c(C(=O)O)nn2-c2cccc(F)c2)CC1. The number of ether oxygens (including phenoxy) is 1. The number of aryl methyl sites for hydroxylation is 1. The maximum absolute atomic E-state index is 14.1. The highest BCUT2D eigenvalue weighted by molar-refractivity contribution is 7.89. The fourth-order valence-corrected chi connectivity index (χ4v) is 6.54. The monoisotopic (exact) mass is 639 g/mol. The summed E-state index contributed by atoms with van der Waals surface area (Å²) in [5, 5.41) is 16.5. The number of benzene rings is 3. The molecule has 3 aromatic carbocycles. The Bertz CT molecular complexity index is 1890. The van der Waals surface area contributed by atoms with Gasteiger partial charge in [-0.05, 0) is 80.6 Å². The lowest BCUT2D eigenvalue weighted by molar-refractivity contribution is 0.0689. The number of aromatic carboxylic acids is 1. The molecule has 2 N–H and O–H groups in total. The van der Waals surface area contributed by atoms with Crippen LogP contribution in [-0.2, 0) is 10.0 Å². The van der Waals surface area contributed by atoms with Crippen LogP contribution in [0.3, 0.4) is 0 Å². The van der Waals surface area contributed by atoms with Crippen molar-refractivity contribution in [2.24, 2.45) is 0 Å². The molecular weight excluding hydrogens is 608 g/mol. The van der Waals surface area contributed by atoms with E-state index in [1.807, 2.05) is 6.92 Å². The van der Waals surface area contributed by atoms with Gasteiger partial charge in [0.05, 0.1) is 5.69 Å². The first kappa shape index (κ1) is 31.8. The lowest BCUT2D eigenvalue weighted by atomic mass is 10.1. The summed E-state index contributed by atoms with van der Waals surface area (Å²) in [5.41, 5.74) is 0.432. The number of carbonyl (C=O) groups excluding carboxylic acids is 1. The lowest BCUT2D eigenvalue weighted by Crippen LogP contribution is -2.48. The first-order chi connectivity index (χ1) is 21.4. The number of amides is 1. The Labute approximate surface area is 258 Å². The molecule has 1 fully saturated rings. The molecule has 0 bridgehead atoms. The van der Waals surface area contributed by atoms with Crippen LogP contribution >= 0.6 is 0 Å². The van der Waals surface area contributed by atoms with Crippen molar-refractivity contribution in [3.05, 3.63) is 94.7 Å². The highest BCUT2D eigenvalue weighted by Gasteiger charge is 2.32. The highest BCUT2D eigenvalue weighted by Crippen LogP contribution is 2.37. The third-order valence-electron chi connectivity index (χ3n) is 7.55. The van der Waals surface area contributed by atoms with Crippen LogP contribution in [0.25, 0.3) is 5.69 Å². The topological polar surface area (TPSA) is 134 Å². The van der Waals surface area contributed by atoms with Crippen LogP contribution in [0.2, 0.25) is 0 Å². The van der Waals surface area contributed by atoms with Gasteiger partial charge in [-0.1, -0.05) is 13.0 Å². The third-order valence-corrected chi connectivity index (χ3v) is 9.47. The average Bonchev–Trinajstić information content (AvgIpc) is 3.35. The van der Waals surface area contributed by atoms with Gasteiger partial charge in [-0.2, -0.15) is 14.1 Å². The summed E-state index contributed by atoms with van der Waals surface area (Å²) < 4.78 is 64.6. The van der Waals surface area contributed by atoms with Crippen LogP contribution in [-0.4, -0.2) is 77.1 Å². The second-order valence-electron chi connectivity index (χ2n) is 10.5. The normalized spacial score (nSPS) is 14.3. The summed E-state index contributed by atoms with van der Waals surface area (Å²) in [7, 11) is -4.21. The number of sulfonamides is 1. The Morgan fingerprint density at radius 3 is 2.38 bits per heavy atom. The summed E-state index contributed by atoms with van der Waals surface area (Å²) in [5.74, 6) is -3.32. The van der Waals surface area contributed by atoms with Gasteiger partial charge < -0.3 is 20.1 Å². The van der Waals surface area contributed by atoms with Crippen molar-refractivity contribution in [1.29, 1.82) is 0 Å². The minimum absolute atomic E-state index is 0.0794. The number of carbonyl (C=O) groups is 2. The number of likely N-dealkylation sites (N-methyl/N-ethyl adjacent to an activating group) is 1. The Balaban J connectivity index is 1.59. The van der Waals surface area contributed by atoms with E-state index in [0.717, 1.165) is 17.3 Å². The van der Waals surface area contributed by atoms with Gasteiger partial charge in [0.2, 0.25) is 15.9 Å². The van der Waals surface area contributed by atoms with E-state index < -0.39 is 33.5 Å². The van der Waals surface area contributed by atoms with E-state index in [2.05, 4.69) is 15.3 Å². The minimum Gasteiger partial charge on any atom is -0.476 e. The quantitative estimate of drug-likeness (QED) is 0.266. The average molecular weight is 640 g/mol. The van der Waals surface area contributed by atoms with E-state index in [1.54, 1.807) is 0 Å². The van der Waals surface area contributed by atoms with Crippen LogP contribution in [0.1, 0.15) is 38.9 Å². The minimum atomic E-state index is -4.21. The molecule has 0 saturated carbocycles. The van der Waals surface area contributed by atoms with Gasteiger partial charge in [-0.25, -0.2) is 22.0 Å². The standard InChI is InChI=1S/C31H31F2N5O6S/c1-4-36-12-14-37(15-13-36)45(42,43)27-18-23(34-29(39)21-8-10-25(33)19(2)16-21)9-11-26(27)44-30-20(3)28(31(40)41)35-38(30)24-7-5-6-22(32)17-24/h5-11,16-18H,4,12-15H2,1-3H3,(H,34,39)(H,40,41). The van der Waals surface area contributed by atoms with Crippen molar-refractivity contribution in [2.45, 2.75) is 25.7 Å². The fourth-order valence-electron chi connectivity index (χ4n) is 4.98. The van der Waals surface area contributed by atoms with Crippen molar-refractivity contribution in [3.8, 4) is 17.3 Å². The first-order valence-electron chi connectivity index (χ1n) is 14.1. The van der Waals surface area contributed by atoms with Gasteiger partial charge in [0, 0.05) is 43.0 Å². The number of carboxylic acids is 1. The van der Waals surface area contributed by atoms with E-state index in [-0.39, 0.29) is 63.4 Å². The van der Waals surface area contributed by atoms with Gasteiger partial charge in [0.1, 0.15) is 22.3 Å². The molecule has 0 aliphatic carbocycles. The maximum Gasteiger partial charge on any atom is 0.356 e. The second kappa shape index (κ2) is 12.8. The molecule has 1 aliphatic rings. The van der Waals surface area contributed by atoms with Crippen LogP contribution in [0.5, 0.6) is 11.6 Å². The largest absolute Gasteiger partial charge is 0.476 e. The molecule has 5 rings (SSSR count). The van der Waals surface area contributed by atoms with Crippen molar-refractivity contribution in [2.75, 3.05) is 38.0 Å². The number of rotatable bonds is 9. The third kappa shape index (κ3) is 6.57. The molecular formula is C31H31F2N5O6S. The number of anilines is 1. The summed E-state index contributed by atoms with van der Waals surface area (Å²) in [6.07, 6.45) is 0. The molecule has 45 heavy (non-hydrogen) atoms. The second-order valence-corrected chi connectivity index (χ2v) is 12.4. The Kier molecular flexibility index (Phi) is 9.00. The zero-order valence-electron chi connectivity index (χ0n) is 24.8. The molecule has 0 radical (unpaired) electrons. The summed E-state index contributed by atoms with van der Waals surface area (Å²) in [4.78, 5) is 26.8. The Morgan fingerprint density at radius 1 is 1.00 bits per heavy atom. The van der Waals surface area contributed by atoms with Crippen molar-refractivity contribution in [3.63, 3.8) is 0 Å². The predicted octanol–water partition coefficient (Wildman–Crippen LogP) is 4.84. The molecule has 0 unspecified atom stereocenters. The zero-order chi connectivity index (χ0) is 32.5. The zero-order valence-corrected chi connectivity index (χ0v) is 25.6. The molecule has 4 aromatic rings. The summed E-state index contributed by atoms with van der Waals surface area (Å²) >= 11 is 0. The molecule has 1 saturated heterocycles. The predicted molar refractivity (Wildman–Crippen MR) is 162 cm³/mol. The van der Waals surface area contributed by atoms with Gasteiger partial charge in [-0.3, -0.25) is 4.79 Å². The van der Waals surface area contributed by atoms with Crippen LogP contribution in [0.15, 0.2) is 65.6 Å². The van der Waals surface area contributed by atoms with E-state index in [4.69, 9.17) is 4.74 Å². The van der Waals surface area contributed by atoms with E-state index in [0.29, 0.717) is 13.1 Å². The molecule has 0 atom stereocenters. The Morgan fingerprint density at radius 2 is 1.73 bits per heavy atom. The molecule has 1 aromatic heterocycles. The van der Waals surface area contributed by atoms with E-state index in [1.165, 1.54) is 72.7 Å². The molecule has 1 amide bonds. The van der Waals surface area contributed by atoms with Crippen molar-refractivity contribution < 1.29 is 36.6 Å². The maximum atomic E-state index is 14.1. The van der Waals surface area contributed by atoms with Gasteiger partial charge in [-0.15, -0.1) is 0 Å². The number of aromatic nitrogens is 2. The number of hydrogen-bond donors (Lipinski definition) is 2. The molecule has 2 heterocycles. The van der Waals surface area contributed by atoms with Crippen molar-refractivity contribution >= 4 is 27.6 Å². The molecule has 0 spiro atoms. The molecule has 1 aliphatic heterocycles. The van der Waals surface area contributed by atoms with E-state index >= 15 is 0 Å². The first-order valence-corrected chi connectivity index (χ1v) is 15.5. The number of halogens is 2. The summed E-state index contributed by atoms with van der Waals surface area (Å²) in [6, 6.07) is 13.1. The molecule has 14 heteroatoms. The number of carboxylic acid groups (broad SMARTS) is 1. The Hall–Kier alpha value is -4.66. The van der Waals surface area contributed by atoms with E-state index in [9.17, 15) is 31.9 Å². The number of nitrogens with one attached hydrogen (secondary N) is 1. The van der Waals surface area contributed by atoms with Crippen molar-refractivity contribution in [1.82, 2.24) is 19.0 Å². The van der Waals surface area contributed by atoms with Gasteiger partial charge in [0.25, 0.3) is 5.91 Å². The smallest absolute Gasteiger partial charge is 0.356 e. The fraction of sp³-hybridized carbons (Fsp3) is 0.258. The van der Waals surface area contributed by atoms with Crippen LogP contribution < -0.4 is 10.1 Å². The van der Waals surface area contributed by atoms with Gasteiger partial charge in [0.15, 0.2) is 5.69 Å².